The van der Waals surface area contributed by atoms with Crippen molar-refractivity contribution in [2.75, 3.05) is 26.2 Å². The van der Waals surface area contributed by atoms with E-state index in [0.29, 0.717) is 38.6 Å². The molecule has 3 aliphatic heterocycles. The van der Waals surface area contributed by atoms with Crippen LogP contribution in [0.2, 0.25) is 0 Å². The molecule has 3 amide bonds. The first kappa shape index (κ1) is 28.8. The largest absolute Gasteiger partial charge is 0.460 e. The Bertz CT molecular complexity index is 906. The first-order valence-corrected chi connectivity index (χ1v) is 13.2. The summed E-state index contributed by atoms with van der Waals surface area (Å²) in [5, 5.41) is 12.2. The highest BCUT2D eigenvalue weighted by Crippen LogP contribution is 2.58. The van der Waals surface area contributed by atoms with E-state index in [0.717, 1.165) is 0 Å². The molecule has 3 fully saturated rings. The molecule has 0 radical (unpaired) electrons. The van der Waals surface area contributed by atoms with Gasteiger partial charge >= 0.3 is 5.97 Å². The Labute approximate surface area is 219 Å². The summed E-state index contributed by atoms with van der Waals surface area (Å²) >= 11 is 0. The first-order chi connectivity index (χ1) is 17.6. The molecule has 3 rings (SSSR count). The standard InChI is InChI=1S/C27H41N3O7/c1-6-8-10-20(32)28-16-18(5)36-26(35)21-19-11-12-27(37-19)22(21)24(33)30(14-9-15-31)23(27)25(34)29(13-7-2)17(3)4/h6-7,17-19,21-23,31H,1-2,8-16H2,3-5H3,(H,28,32)/t18-,19-,21+,22+,23-,27+/m0/s1. The third-order valence-corrected chi connectivity index (χ3v) is 7.58. The van der Waals surface area contributed by atoms with Crippen LogP contribution in [0.4, 0.5) is 0 Å². The number of rotatable bonds is 14. The second kappa shape index (κ2) is 12.2. The average Bonchev–Trinajstić information content (AvgIpc) is 3.50. The number of hydrogen-bond donors (Lipinski definition) is 2. The summed E-state index contributed by atoms with van der Waals surface area (Å²) in [5.41, 5.74) is -1.12. The zero-order chi connectivity index (χ0) is 27.3. The van der Waals surface area contributed by atoms with Crippen LogP contribution >= 0.6 is 0 Å². The minimum atomic E-state index is -1.12. The molecule has 206 valence electrons. The van der Waals surface area contributed by atoms with Crippen LogP contribution in [0.15, 0.2) is 25.3 Å². The van der Waals surface area contributed by atoms with E-state index < -0.39 is 41.7 Å². The number of fused-ring (bicyclic) bond motifs is 1. The van der Waals surface area contributed by atoms with E-state index in [4.69, 9.17) is 9.47 Å². The summed E-state index contributed by atoms with van der Waals surface area (Å²) in [6.07, 6.45) is 4.38. The summed E-state index contributed by atoms with van der Waals surface area (Å²) in [6, 6.07) is -1.01. The summed E-state index contributed by atoms with van der Waals surface area (Å²) < 4.78 is 12.0. The maximum absolute atomic E-state index is 13.9. The van der Waals surface area contributed by atoms with Gasteiger partial charge in [-0.05, 0) is 46.5 Å². The first-order valence-electron chi connectivity index (χ1n) is 13.2. The summed E-state index contributed by atoms with van der Waals surface area (Å²) in [7, 11) is 0. The SMILES string of the molecule is C=CCCC(=O)NC[C@H](C)OC(=O)[C@@H]1[C@@H]2CC[C@]3(O2)[C@H](C(=O)N(CC=C)C(C)C)N(CCCO)C(=O)[C@@H]13. The molecule has 3 saturated heterocycles. The molecule has 0 aromatic heterocycles. The number of ether oxygens (including phenoxy) is 2. The number of aliphatic hydroxyl groups is 1. The molecule has 0 unspecified atom stereocenters. The van der Waals surface area contributed by atoms with E-state index in [2.05, 4.69) is 18.5 Å². The predicted octanol–water partition coefficient (Wildman–Crippen LogP) is 1.18. The molecule has 6 atom stereocenters. The Morgan fingerprint density at radius 2 is 2.03 bits per heavy atom. The second-order valence-electron chi connectivity index (χ2n) is 10.4. The van der Waals surface area contributed by atoms with E-state index in [1.54, 1.807) is 24.0 Å². The highest BCUT2D eigenvalue weighted by molar-refractivity contribution is 5.98. The van der Waals surface area contributed by atoms with Crippen LogP contribution < -0.4 is 5.32 Å². The van der Waals surface area contributed by atoms with Crippen molar-refractivity contribution < 1.29 is 33.8 Å². The van der Waals surface area contributed by atoms with E-state index in [9.17, 15) is 24.3 Å². The van der Waals surface area contributed by atoms with Crippen molar-refractivity contribution in [1.29, 1.82) is 0 Å². The highest BCUT2D eigenvalue weighted by atomic mass is 16.6. The molecule has 10 heteroatoms. The van der Waals surface area contributed by atoms with Gasteiger partial charge in [-0.3, -0.25) is 19.2 Å². The molecule has 1 spiro atoms. The molecule has 2 bridgehead atoms. The van der Waals surface area contributed by atoms with Gasteiger partial charge in [0.2, 0.25) is 17.7 Å². The van der Waals surface area contributed by atoms with Gasteiger partial charge in [0, 0.05) is 32.2 Å². The number of esters is 1. The molecule has 37 heavy (non-hydrogen) atoms. The number of allylic oxidation sites excluding steroid dienone is 1. The molecule has 3 heterocycles. The van der Waals surface area contributed by atoms with Gasteiger partial charge < -0.3 is 29.7 Å². The Morgan fingerprint density at radius 1 is 1.30 bits per heavy atom. The van der Waals surface area contributed by atoms with Crippen molar-refractivity contribution in [2.24, 2.45) is 11.8 Å². The van der Waals surface area contributed by atoms with Crippen molar-refractivity contribution in [3.8, 4) is 0 Å². The van der Waals surface area contributed by atoms with Crippen molar-refractivity contribution in [2.45, 2.75) is 82.8 Å². The summed E-state index contributed by atoms with van der Waals surface area (Å²) in [5.74, 6) is -2.94. The number of nitrogens with zero attached hydrogens (tertiary/aromatic N) is 2. The summed E-state index contributed by atoms with van der Waals surface area (Å²) in [6.45, 7) is 13.4. The number of carbonyl (C=O) groups excluding carboxylic acids is 4. The third-order valence-electron chi connectivity index (χ3n) is 7.58. The maximum atomic E-state index is 13.9. The van der Waals surface area contributed by atoms with E-state index >= 15 is 0 Å². The fourth-order valence-electron chi connectivity index (χ4n) is 5.93. The lowest BCUT2D eigenvalue weighted by molar-refractivity contribution is -0.159. The smallest absolute Gasteiger partial charge is 0.312 e. The van der Waals surface area contributed by atoms with Crippen molar-refractivity contribution >= 4 is 23.7 Å². The lowest BCUT2D eigenvalue weighted by atomic mass is 9.70. The fraction of sp³-hybridized carbons (Fsp3) is 0.704. The van der Waals surface area contributed by atoms with Gasteiger partial charge in [0.25, 0.3) is 0 Å². The van der Waals surface area contributed by atoms with Crippen LogP contribution in [-0.2, 0) is 28.7 Å². The lowest BCUT2D eigenvalue weighted by Gasteiger charge is -2.38. The quantitative estimate of drug-likeness (QED) is 0.261. The lowest BCUT2D eigenvalue weighted by Crippen LogP contribution is -2.57. The molecule has 3 aliphatic rings. The van der Waals surface area contributed by atoms with Crippen LogP contribution in [0.1, 0.15) is 52.9 Å². The average molecular weight is 520 g/mol. The van der Waals surface area contributed by atoms with Crippen LogP contribution in [0.25, 0.3) is 0 Å². The summed E-state index contributed by atoms with van der Waals surface area (Å²) in [4.78, 5) is 56.0. The van der Waals surface area contributed by atoms with Crippen LogP contribution in [-0.4, -0.2) is 94.7 Å². The van der Waals surface area contributed by atoms with Gasteiger partial charge in [-0.1, -0.05) is 12.2 Å². The normalized spacial score (nSPS) is 28.7. The maximum Gasteiger partial charge on any atom is 0.312 e. The Kier molecular flexibility index (Phi) is 9.52. The number of hydrogen-bond acceptors (Lipinski definition) is 7. The van der Waals surface area contributed by atoms with Gasteiger partial charge in [0.1, 0.15) is 17.7 Å². The molecule has 2 N–H and O–H groups in total. The van der Waals surface area contributed by atoms with E-state index in [-0.39, 0.29) is 43.5 Å². The van der Waals surface area contributed by atoms with Crippen molar-refractivity contribution in [3.05, 3.63) is 25.3 Å². The van der Waals surface area contributed by atoms with Gasteiger partial charge in [0.15, 0.2) is 0 Å². The molecular formula is C27H41N3O7. The molecule has 0 aromatic rings. The number of nitrogens with one attached hydrogen (secondary N) is 1. The Balaban J connectivity index is 1.82. The zero-order valence-electron chi connectivity index (χ0n) is 22.2. The van der Waals surface area contributed by atoms with Crippen LogP contribution in [0.5, 0.6) is 0 Å². The van der Waals surface area contributed by atoms with Crippen LogP contribution in [0.3, 0.4) is 0 Å². The molecule has 10 nitrogen and oxygen atoms in total. The number of aliphatic hydroxyl groups excluding tert-OH is 1. The third kappa shape index (κ3) is 5.60. The van der Waals surface area contributed by atoms with E-state index in [1.807, 2.05) is 13.8 Å². The molecule has 0 saturated carbocycles. The predicted molar refractivity (Wildman–Crippen MR) is 136 cm³/mol. The van der Waals surface area contributed by atoms with Gasteiger partial charge in [-0.2, -0.15) is 0 Å². The fourth-order valence-corrected chi connectivity index (χ4v) is 5.93. The Hall–Kier alpha value is -2.72. The number of likely N-dealkylation sites (tertiary alicyclic amines) is 1. The van der Waals surface area contributed by atoms with Crippen LogP contribution in [0, 0.1) is 11.8 Å². The molecule has 0 aromatic carbocycles. The van der Waals surface area contributed by atoms with Crippen molar-refractivity contribution in [1.82, 2.24) is 15.1 Å². The minimum absolute atomic E-state index is 0.127. The van der Waals surface area contributed by atoms with Crippen molar-refractivity contribution in [3.63, 3.8) is 0 Å². The number of carbonyl (C=O) groups is 4. The van der Waals surface area contributed by atoms with Gasteiger partial charge in [-0.25, -0.2) is 0 Å². The monoisotopic (exact) mass is 519 g/mol. The van der Waals surface area contributed by atoms with E-state index in [1.165, 1.54) is 4.90 Å². The Morgan fingerprint density at radius 3 is 2.65 bits per heavy atom. The zero-order valence-corrected chi connectivity index (χ0v) is 22.2. The number of amides is 3. The minimum Gasteiger partial charge on any atom is -0.460 e. The molecular weight excluding hydrogens is 478 g/mol. The van der Waals surface area contributed by atoms with Gasteiger partial charge in [-0.15, -0.1) is 13.2 Å². The molecule has 0 aliphatic carbocycles. The second-order valence-corrected chi connectivity index (χ2v) is 10.4. The topological polar surface area (TPSA) is 125 Å². The highest BCUT2D eigenvalue weighted by Gasteiger charge is 2.75. The van der Waals surface area contributed by atoms with Gasteiger partial charge in [0.05, 0.1) is 24.5 Å².